The van der Waals surface area contributed by atoms with E-state index in [1.54, 1.807) is 0 Å². The summed E-state index contributed by atoms with van der Waals surface area (Å²) in [4.78, 5) is 0. The molecule has 218 valence electrons. The Morgan fingerprint density at radius 2 is 1.00 bits per heavy atom. The van der Waals surface area contributed by atoms with Crippen molar-refractivity contribution in [2.24, 2.45) is 0 Å². The smallest absolute Gasteiger partial charge is 0.147 e. The van der Waals surface area contributed by atoms with Crippen molar-refractivity contribution in [2.75, 3.05) is 71.4 Å². The molecule has 2 aromatic rings. The molecule has 0 bridgehead atoms. The summed E-state index contributed by atoms with van der Waals surface area (Å²) < 4.78 is 47.9. The lowest BCUT2D eigenvalue weighted by atomic mass is 10.0. The summed E-state index contributed by atoms with van der Waals surface area (Å²) in [5, 5.41) is 0. The first-order valence-electron chi connectivity index (χ1n) is 13.3. The highest BCUT2D eigenvalue weighted by Crippen LogP contribution is 2.23. The molecule has 1 heterocycles. The van der Waals surface area contributed by atoms with Gasteiger partial charge in [-0.1, -0.05) is 60.7 Å². The second-order valence-electron chi connectivity index (χ2n) is 8.80. The summed E-state index contributed by atoms with van der Waals surface area (Å²) in [6.45, 7) is 3.91. The van der Waals surface area contributed by atoms with Gasteiger partial charge in [-0.2, -0.15) is 0 Å². The molecule has 0 radical (unpaired) electrons. The van der Waals surface area contributed by atoms with Crippen LogP contribution in [0.15, 0.2) is 60.7 Å². The Labute approximate surface area is 241 Å². The number of benzene rings is 2. The first kappa shape index (κ1) is 32.2. The molecule has 1 aliphatic rings. The number of alkyl halides is 2. The molecule has 1 aliphatic heterocycles. The van der Waals surface area contributed by atoms with Crippen LogP contribution in [0.25, 0.3) is 0 Å². The molecule has 4 atom stereocenters. The van der Waals surface area contributed by atoms with E-state index >= 15 is 0 Å². The third-order valence-electron chi connectivity index (χ3n) is 5.93. The summed E-state index contributed by atoms with van der Waals surface area (Å²) in [5.41, 5.74) is 2.15. The molecule has 0 saturated carbocycles. The maximum Gasteiger partial charge on any atom is 0.147 e. The van der Waals surface area contributed by atoms with Crippen LogP contribution in [0.1, 0.15) is 11.1 Å². The van der Waals surface area contributed by atoms with Gasteiger partial charge in [0, 0.05) is 11.8 Å². The highest BCUT2D eigenvalue weighted by atomic mass is 35.5. The van der Waals surface area contributed by atoms with Crippen molar-refractivity contribution in [3.63, 3.8) is 0 Å². The molecule has 0 aliphatic carbocycles. The van der Waals surface area contributed by atoms with E-state index < -0.39 is 24.4 Å². The van der Waals surface area contributed by atoms with E-state index in [-0.39, 0.29) is 6.79 Å². The van der Waals surface area contributed by atoms with E-state index in [1.165, 1.54) is 0 Å². The average Bonchev–Trinajstić information content (AvgIpc) is 3.13. The molecule has 10 heteroatoms. The zero-order valence-corrected chi connectivity index (χ0v) is 23.8. The maximum atomic E-state index is 6.32. The van der Waals surface area contributed by atoms with Crippen LogP contribution in [-0.2, 0) is 51.1 Å². The van der Waals surface area contributed by atoms with Gasteiger partial charge >= 0.3 is 0 Å². The minimum Gasteiger partial charge on any atom is -0.378 e. The summed E-state index contributed by atoms with van der Waals surface area (Å²) in [6.07, 6.45) is -1.87. The fourth-order valence-corrected chi connectivity index (χ4v) is 4.27. The fraction of sp³-hybridized carbons (Fsp3) is 0.586. The monoisotopic (exact) mass is 586 g/mol. The normalized spacial score (nSPS) is 21.6. The molecule has 3 rings (SSSR count). The van der Waals surface area contributed by atoms with Crippen LogP contribution in [-0.4, -0.2) is 95.8 Å². The van der Waals surface area contributed by atoms with Crippen LogP contribution in [0.5, 0.6) is 0 Å². The van der Waals surface area contributed by atoms with Gasteiger partial charge in [-0.25, -0.2) is 0 Å². The third kappa shape index (κ3) is 12.8. The molecule has 8 nitrogen and oxygen atoms in total. The van der Waals surface area contributed by atoms with E-state index in [4.69, 9.17) is 61.1 Å². The maximum absolute atomic E-state index is 6.32. The largest absolute Gasteiger partial charge is 0.378 e. The first-order chi connectivity index (χ1) is 19.3. The predicted octanol–water partition coefficient (Wildman–Crippen LogP) is 4.44. The molecule has 0 amide bonds. The van der Waals surface area contributed by atoms with Gasteiger partial charge in [0.05, 0.1) is 66.1 Å². The highest BCUT2D eigenvalue weighted by Gasteiger charge is 2.41. The Bertz CT molecular complexity index is 778. The lowest BCUT2D eigenvalue weighted by Gasteiger charge is -2.33. The van der Waals surface area contributed by atoms with Gasteiger partial charge in [-0.3, -0.25) is 0 Å². The molecular formula is C29H40Cl2O8. The van der Waals surface area contributed by atoms with Gasteiger partial charge in [0.2, 0.25) is 0 Å². The molecule has 39 heavy (non-hydrogen) atoms. The molecule has 0 unspecified atom stereocenters. The number of rotatable bonds is 20. The standard InChI is InChI=1S/C29H40Cl2O8/c30-11-13-32-15-17-36-28-26(21-34-19-24-7-3-1-4-8-24)38-23-39-27(29(28)37-18-16-33-14-12-31)22-35-20-25-9-5-2-6-10-25/h1-10,26-29H,11-23H2/t26-,27-,28-,29-/m1/s1. The van der Waals surface area contributed by atoms with Crippen LogP contribution in [0.2, 0.25) is 0 Å². The Morgan fingerprint density at radius 1 is 0.564 bits per heavy atom. The number of hydrogen-bond acceptors (Lipinski definition) is 8. The third-order valence-corrected chi connectivity index (χ3v) is 6.24. The second-order valence-corrected chi connectivity index (χ2v) is 9.56. The van der Waals surface area contributed by atoms with Crippen LogP contribution < -0.4 is 0 Å². The summed E-state index contributed by atoms with van der Waals surface area (Å²) in [7, 11) is 0. The van der Waals surface area contributed by atoms with Crippen molar-refractivity contribution in [3.05, 3.63) is 71.8 Å². The molecule has 0 spiro atoms. The highest BCUT2D eigenvalue weighted by molar-refractivity contribution is 6.18. The molecule has 1 saturated heterocycles. The van der Waals surface area contributed by atoms with Gasteiger partial charge in [-0.15, -0.1) is 23.2 Å². The predicted molar refractivity (Wildman–Crippen MR) is 149 cm³/mol. The number of halogens is 2. The van der Waals surface area contributed by atoms with Crippen LogP contribution in [0.4, 0.5) is 0 Å². The van der Waals surface area contributed by atoms with Crippen molar-refractivity contribution in [1.29, 1.82) is 0 Å². The van der Waals surface area contributed by atoms with Gasteiger partial charge < -0.3 is 37.9 Å². The van der Waals surface area contributed by atoms with Crippen molar-refractivity contribution in [1.82, 2.24) is 0 Å². The quantitative estimate of drug-likeness (QED) is 0.166. The van der Waals surface area contributed by atoms with E-state index in [2.05, 4.69) is 0 Å². The molecular weight excluding hydrogens is 547 g/mol. The fourth-order valence-electron chi connectivity index (χ4n) is 4.05. The summed E-state index contributed by atoms with van der Waals surface area (Å²) in [6, 6.07) is 20.0. The number of hydrogen-bond donors (Lipinski definition) is 0. The van der Waals surface area contributed by atoms with Crippen LogP contribution in [0, 0.1) is 0 Å². The van der Waals surface area contributed by atoms with Crippen molar-refractivity contribution >= 4 is 23.2 Å². The minimum absolute atomic E-state index is 0.0595. The Morgan fingerprint density at radius 3 is 1.41 bits per heavy atom. The van der Waals surface area contributed by atoms with Crippen LogP contribution in [0.3, 0.4) is 0 Å². The Balaban J connectivity index is 1.67. The zero-order valence-electron chi connectivity index (χ0n) is 22.3. The van der Waals surface area contributed by atoms with Gasteiger partial charge in [0.1, 0.15) is 31.2 Å². The van der Waals surface area contributed by atoms with Crippen molar-refractivity contribution in [3.8, 4) is 0 Å². The zero-order chi connectivity index (χ0) is 27.4. The van der Waals surface area contributed by atoms with Gasteiger partial charge in [0.15, 0.2) is 0 Å². The van der Waals surface area contributed by atoms with Crippen LogP contribution >= 0.6 is 23.2 Å². The second kappa shape index (κ2) is 20.6. The molecule has 0 aromatic heterocycles. The van der Waals surface area contributed by atoms with Crippen molar-refractivity contribution in [2.45, 2.75) is 37.6 Å². The lowest BCUT2D eigenvalue weighted by Crippen LogP contribution is -2.50. The topological polar surface area (TPSA) is 73.8 Å². The summed E-state index contributed by atoms with van der Waals surface area (Å²) in [5.74, 6) is 0.844. The summed E-state index contributed by atoms with van der Waals surface area (Å²) >= 11 is 11.5. The molecule has 0 N–H and O–H groups in total. The van der Waals surface area contributed by atoms with Gasteiger partial charge in [-0.05, 0) is 11.1 Å². The van der Waals surface area contributed by atoms with E-state index in [9.17, 15) is 0 Å². The van der Waals surface area contributed by atoms with E-state index in [0.717, 1.165) is 11.1 Å². The van der Waals surface area contributed by atoms with E-state index in [1.807, 2.05) is 60.7 Å². The minimum atomic E-state index is -0.499. The SMILES string of the molecule is ClCCOCCO[C@H]1[C@H](OCCOCCCl)[C@@H](COCc2ccccc2)OCO[C@@H]1COCc1ccccc1. The number of ether oxygens (including phenoxy) is 8. The first-order valence-corrected chi connectivity index (χ1v) is 14.4. The molecule has 1 fully saturated rings. The Hall–Kier alpha value is -1.30. The average molecular weight is 588 g/mol. The van der Waals surface area contributed by atoms with E-state index in [0.29, 0.717) is 77.8 Å². The lowest BCUT2D eigenvalue weighted by molar-refractivity contribution is -0.159. The van der Waals surface area contributed by atoms with Crippen molar-refractivity contribution < 1.29 is 37.9 Å². The van der Waals surface area contributed by atoms with Gasteiger partial charge in [0.25, 0.3) is 0 Å². The molecule has 2 aromatic carbocycles. The Kier molecular flexibility index (Phi) is 17.0.